The van der Waals surface area contributed by atoms with Gasteiger partial charge in [-0.1, -0.05) is 37.6 Å². The number of fused-ring (bicyclic) bond motifs is 1. The highest BCUT2D eigenvalue weighted by Gasteiger charge is 2.40. The molecule has 5 heteroatoms. The first-order valence-corrected chi connectivity index (χ1v) is 9.05. The predicted octanol–water partition coefficient (Wildman–Crippen LogP) is 4.10. The summed E-state index contributed by atoms with van der Waals surface area (Å²) in [6, 6.07) is 7.74. The van der Waals surface area contributed by atoms with Crippen molar-refractivity contribution in [2.24, 2.45) is 0 Å². The molecule has 4 nitrogen and oxygen atoms in total. The van der Waals surface area contributed by atoms with Gasteiger partial charge in [-0.3, -0.25) is 9.89 Å². The van der Waals surface area contributed by atoms with Gasteiger partial charge in [0, 0.05) is 29.4 Å². The maximum Gasteiger partial charge on any atom is 0.233 e. The van der Waals surface area contributed by atoms with Crippen molar-refractivity contribution in [1.82, 2.24) is 15.1 Å². The van der Waals surface area contributed by atoms with Crippen LogP contribution in [0.1, 0.15) is 49.9 Å². The zero-order valence-electron chi connectivity index (χ0n) is 14.3. The van der Waals surface area contributed by atoms with Crippen molar-refractivity contribution in [1.29, 1.82) is 0 Å². The number of nitrogens with zero attached hydrogens (tertiary/aromatic N) is 2. The molecule has 1 aromatic carbocycles. The van der Waals surface area contributed by atoms with Gasteiger partial charge in [-0.05, 0) is 43.4 Å². The highest BCUT2D eigenvalue weighted by molar-refractivity contribution is 6.30. The average molecular weight is 346 g/mol. The Balaban J connectivity index is 1.93. The van der Waals surface area contributed by atoms with Gasteiger partial charge in [-0.2, -0.15) is 5.10 Å². The van der Waals surface area contributed by atoms with Gasteiger partial charge in [0.25, 0.3) is 0 Å². The van der Waals surface area contributed by atoms with Crippen LogP contribution in [0.5, 0.6) is 0 Å². The number of hydrogen-bond acceptors (Lipinski definition) is 2. The van der Waals surface area contributed by atoms with E-state index in [0.717, 1.165) is 49.0 Å². The third kappa shape index (κ3) is 2.95. The highest BCUT2D eigenvalue weighted by atomic mass is 35.5. The van der Waals surface area contributed by atoms with Gasteiger partial charge in [0.2, 0.25) is 5.91 Å². The molecule has 128 valence electrons. The standard InChI is InChI=1S/C19H24ClN3O/c1-3-19(4-2,15-7-9-16(20)10-8-15)18(24)23-11-5-6-17-14(13-23)12-21-22-17/h7-10,12H,3-6,11,13H2,1-2H3,(H,21,22). The summed E-state index contributed by atoms with van der Waals surface area (Å²) in [6.45, 7) is 5.62. The van der Waals surface area contributed by atoms with Crippen molar-refractivity contribution in [2.75, 3.05) is 6.54 Å². The second kappa shape index (κ2) is 6.98. The van der Waals surface area contributed by atoms with Crippen LogP contribution in [-0.4, -0.2) is 27.5 Å². The molecule has 2 heterocycles. The molecule has 0 radical (unpaired) electrons. The lowest BCUT2D eigenvalue weighted by molar-refractivity contribution is -0.138. The van der Waals surface area contributed by atoms with E-state index >= 15 is 0 Å². The molecule has 0 saturated heterocycles. The predicted molar refractivity (Wildman–Crippen MR) is 96.0 cm³/mol. The lowest BCUT2D eigenvalue weighted by atomic mass is 9.74. The minimum Gasteiger partial charge on any atom is -0.337 e. The number of halogens is 1. The number of hydrogen-bond donors (Lipinski definition) is 1. The quantitative estimate of drug-likeness (QED) is 0.907. The molecule has 1 amide bonds. The first kappa shape index (κ1) is 17.0. The first-order chi connectivity index (χ1) is 11.6. The van der Waals surface area contributed by atoms with Gasteiger partial charge in [0.05, 0.1) is 11.6 Å². The number of aromatic nitrogens is 2. The number of aryl methyl sites for hydroxylation is 1. The Morgan fingerprint density at radius 2 is 2.00 bits per heavy atom. The molecule has 3 rings (SSSR count). The second-order valence-corrected chi connectivity index (χ2v) is 6.94. The summed E-state index contributed by atoms with van der Waals surface area (Å²) in [5.74, 6) is 0.212. The topological polar surface area (TPSA) is 49.0 Å². The third-order valence-electron chi connectivity index (χ3n) is 5.32. The van der Waals surface area contributed by atoms with Gasteiger partial charge in [-0.25, -0.2) is 0 Å². The van der Waals surface area contributed by atoms with Crippen LogP contribution in [0.2, 0.25) is 5.02 Å². The molecule has 2 aromatic rings. The van der Waals surface area contributed by atoms with Crippen LogP contribution in [-0.2, 0) is 23.2 Å². The van der Waals surface area contributed by atoms with Crippen LogP contribution in [0, 0.1) is 0 Å². The second-order valence-electron chi connectivity index (χ2n) is 6.50. The van der Waals surface area contributed by atoms with Crippen molar-refractivity contribution < 1.29 is 4.79 Å². The molecular formula is C19H24ClN3O. The Morgan fingerprint density at radius 1 is 1.29 bits per heavy atom. The SMILES string of the molecule is CCC(CC)(C(=O)N1CCCc2[nH]ncc2C1)c1ccc(Cl)cc1. The summed E-state index contributed by atoms with van der Waals surface area (Å²) in [6.07, 6.45) is 5.32. The number of H-pyrrole nitrogens is 1. The summed E-state index contributed by atoms with van der Waals surface area (Å²) >= 11 is 6.04. The number of benzene rings is 1. The minimum absolute atomic E-state index is 0.212. The molecule has 0 fully saturated rings. The van der Waals surface area contributed by atoms with E-state index < -0.39 is 5.41 Å². The van der Waals surface area contributed by atoms with Crippen LogP contribution in [0.15, 0.2) is 30.5 Å². The number of nitrogens with one attached hydrogen (secondary N) is 1. The van der Waals surface area contributed by atoms with Crippen LogP contribution < -0.4 is 0 Å². The Labute approximate surface area is 148 Å². The first-order valence-electron chi connectivity index (χ1n) is 8.67. The average Bonchev–Trinajstić information content (AvgIpc) is 2.94. The number of carbonyl (C=O) groups is 1. The van der Waals surface area contributed by atoms with Gasteiger partial charge >= 0.3 is 0 Å². The van der Waals surface area contributed by atoms with Gasteiger partial charge in [0.15, 0.2) is 0 Å². The van der Waals surface area contributed by atoms with Crippen molar-refractivity contribution in [3.63, 3.8) is 0 Å². The lowest BCUT2D eigenvalue weighted by Crippen LogP contribution is -2.46. The number of aromatic amines is 1. The van der Waals surface area contributed by atoms with E-state index in [-0.39, 0.29) is 5.91 Å². The van der Waals surface area contributed by atoms with Gasteiger partial charge in [-0.15, -0.1) is 0 Å². The molecular weight excluding hydrogens is 322 g/mol. The molecule has 0 spiro atoms. The van der Waals surface area contributed by atoms with Gasteiger partial charge in [0.1, 0.15) is 0 Å². The zero-order chi connectivity index (χ0) is 17.2. The van der Waals surface area contributed by atoms with Crippen molar-refractivity contribution in [2.45, 2.75) is 51.5 Å². The summed E-state index contributed by atoms with van der Waals surface area (Å²) < 4.78 is 0. The highest BCUT2D eigenvalue weighted by Crippen LogP contribution is 2.35. The van der Waals surface area contributed by atoms with Crippen LogP contribution >= 0.6 is 11.6 Å². The molecule has 0 saturated carbocycles. The third-order valence-corrected chi connectivity index (χ3v) is 5.58. The lowest BCUT2D eigenvalue weighted by Gasteiger charge is -2.36. The largest absolute Gasteiger partial charge is 0.337 e. The van der Waals surface area contributed by atoms with Crippen molar-refractivity contribution >= 4 is 17.5 Å². The fraction of sp³-hybridized carbons (Fsp3) is 0.474. The molecule has 1 aliphatic rings. The fourth-order valence-electron chi connectivity index (χ4n) is 3.75. The molecule has 24 heavy (non-hydrogen) atoms. The zero-order valence-corrected chi connectivity index (χ0v) is 15.1. The number of carbonyl (C=O) groups excluding carboxylic acids is 1. The van der Waals surface area contributed by atoms with Crippen molar-refractivity contribution in [3.8, 4) is 0 Å². The van der Waals surface area contributed by atoms with Gasteiger partial charge < -0.3 is 4.90 Å². The molecule has 1 aliphatic heterocycles. The number of amides is 1. The summed E-state index contributed by atoms with van der Waals surface area (Å²) in [7, 11) is 0. The molecule has 0 unspecified atom stereocenters. The maximum absolute atomic E-state index is 13.5. The van der Waals surface area contributed by atoms with E-state index in [1.807, 2.05) is 35.4 Å². The molecule has 0 bridgehead atoms. The normalized spacial score (nSPS) is 15.0. The van der Waals surface area contributed by atoms with E-state index in [1.54, 1.807) is 0 Å². The van der Waals surface area contributed by atoms with E-state index in [2.05, 4.69) is 24.0 Å². The van der Waals surface area contributed by atoms with Crippen LogP contribution in [0.25, 0.3) is 0 Å². The minimum atomic E-state index is -0.487. The fourth-order valence-corrected chi connectivity index (χ4v) is 3.88. The molecule has 0 aliphatic carbocycles. The van der Waals surface area contributed by atoms with E-state index in [0.29, 0.717) is 11.6 Å². The summed E-state index contributed by atoms with van der Waals surface area (Å²) in [5.41, 5.74) is 2.87. The summed E-state index contributed by atoms with van der Waals surface area (Å²) in [4.78, 5) is 15.5. The Kier molecular flexibility index (Phi) is 4.95. The Bertz CT molecular complexity index is 704. The van der Waals surface area contributed by atoms with E-state index in [4.69, 9.17) is 11.6 Å². The Morgan fingerprint density at radius 3 is 2.67 bits per heavy atom. The van der Waals surface area contributed by atoms with Crippen LogP contribution in [0.4, 0.5) is 0 Å². The maximum atomic E-state index is 13.5. The van der Waals surface area contributed by atoms with E-state index in [9.17, 15) is 4.79 Å². The molecule has 1 N–H and O–H groups in total. The number of rotatable bonds is 4. The monoisotopic (exact) mass is 345 g/mol. The molecule has 0 atom stereocenters. The summed E-state index contributed by atoms with van der Waals surface area (Å²) in [5, 5.41) is 7.89. The van der Waals surface area contributed by atoms with E-state index in [1.165, 1.54) is 0 Å². The Hall–Kier alpha value is -1.81. The van der Waals surface area contributed by atoms with Crippen LogP contribution in [0.3, 0.4) is 0 Å². The molecule has 1 aromatic heterocycles. The smallest absolute Gasteiger partial charge is 0.233 e. The van der Waals surface area contributed by atoms with Crippen molar-refractivity contribution in [3.05, 3.63) is 52.3 Å².